The van der Waals surface area contributed by atoms with Crippen molar-refractivity contribution in [3.63, 3.8) is 0 Å². The van der Waals surface area contributed by atoms with E-state index in [1.54, 1.807) is 0 Å². The Labute approximate surface area is 87.4 Å². The third-order valence-electron chi connectivity index (χ3n) is 3.62. The molecule has 1 aliphatic carbocycles. The Hall–Kier alpha value is -0.0800. The molecule has 1 N–H and O–H groups in total. The Bertz CT molecular complexity index is 148. The van der Waals surface area contributed by atoms with Crippen LogP contribution in [0.1, 0.15) is 44.9 Å². The van der Waals surface area contributed by atoms with Crippen molar-refractivity contribution in [1.29, 1.82) is 0 Å². The van der Waals surface area contributed by atoms with Gasteiger partial charge in [-0.25, -0.2) is 0 Å². The third-order valence-corrected chi connectivity index (χ3v) is 3.62. The molecule has 0 aromatic heterocycles. The van der Waals surface area contributed by atoms with Crippen LogP contribution >= 0.6 is 0 Å². The van der Waals surface area contributed by atoms with E-state index in [0.29, 0.717) is 6.04 Å². The van der Waals surface area contributed by atoms with Gasteiger partial charge in [-0.15, -0.1) is 0 Å². The fraction of sp³-hybridized carbons (Fsp3) is 1.00. The first-order valence-corrected chi connectivity index (χ1v) is 6.26. The summed E-state index contributed by atoms with van der Waals surface area (Å²) in [7, 11) is 0. The topological polar surface area (TPSA) is 21.3 Å². The molecule has 1 heterocycles. The highest BCUT2D eigenvalue weighted by Gasteiger charge is 2.16. The normalized spacial score (nSPS) is 29.6. The Morgan fingerprint density at radius 2 is 1.93 bits per heavy atom. The summed E-state index contributed by atoms with van der Waals surface area (Å²) < 4.78 is 5.44. The summed E-state index contributed by atoms with van der Waals surface area (Å²) in [5.74, 6) is 1.02. The van der Waals surface area contributed by atoms with Crippen molar-refractivity contribution in [3.8, 4) is 0 Å². The predicted molar refractivity (Wildman–Crippen MR) is 58.4 cm³/mol. The Kier molecular flexibility index (Phi) is 4.26. The number of hydrogen-bond acceptors (Lipinski definition) is 2. The van der Waals surface area contributed by atoms with E-state index in [-0.39, 0.29) is 0 Å². The molecule has 2 heteroatoms. The van der Waals surface area contributed by atoms with E-state index in [1.807, 2.05) is 0 Å². The van der Waals surface area contributed by atoms with Crippen LogP contribution in [-0.4, -0.2) is 25.8 Å². The maximum atomic E-state index is 5.44. The fourth-order valence-electron chi connectivity index (χ4n) is 2.69. The Morgan fingerprint density at radius 3 is 2.64 bits per heavy atom. The lowest BCUT2D eigenvalue weighted by molar-refractivity contribution is 0.0701. The Balaban J connectivity index is 1.52. The highest BCUT2D eigenvalue weighted by Crippen LogP contribution is 2.26. The van der Waals surface area contributed by atoms with E-state index in [1.165, 1.54) is 51.5 Å². The minimum absolute atomic E-state index is 0.644. The second-order valence-corrected chi connectivity index (χ2v) is 4.81. The lowest BCUT2D eigenvalue weighted by Gasteiger charge is -2.23. The SMILES string of the molecule is C1CCC(CCNC2CCCOC2)C1. The van der Waals surface area contributed by atoms with Crippen LogP contribution in [0.15, 0.2) is 0 Å². The molecule has 0 radical (unpaired) electrons. The molecule has 1 unspecified atom stereocenters. The zero-order chi connectivity index (χ0) is 9.64. The van der Waals surface area contributed by atoms with E-state index >= 15 is 0 Å². The van der Waals surface area contributed by atoms with Gasteiger partial charge in [-0.1, -0.05) is 25.7 Å². The van der Waals surface area contributed by atoms with Gasteiger partial charge in [0.2, 0.25) is 0 Å². The average molecular weight is 197 g/mol. The van der Waals surface area contributed by atoms with E-state index in [0.717, 1.165) is 19.1 Å². The first kappa shape index (κ1) is 10.4. The second-order valence-electron chi connectivity index (χ2n) is 4.81. The molecule has 0 amide bonds. The van der Waals surface area contributed by atoms with Crippen LogP contribution in [0.2, 0.25) is 0 Å². The van der Waals surface area contributed by atoms with Crippen LogP contribution in [0.4, 0.5) is 0 Å². The van der Waals surface area contributed by atoms with Crippen LogP contribution in [0.5, 0.6) is 0 Å². The van der Waals surface area contributed by atoms with Crippen molar-refractivity contribution in [2.24, 2.45) is 5.92 Å². The Morgan fingerprint density at radius 1 is 1.07 bits per heavy atom. The van der Waals surface area contributed by atoms with Gasteiger partial charge in [-0.2, -0.15) is 0 Å². The van der Waals surface area contributed by atoms with Gasteiger partial charge in [0.05, 0.1) is 6.61 Å². The lowest BCUT2D eigenvalue weighted by atomic mass is 10.0. The molecule has 1 saturated carbocycles. The van der Waals surface area contributed by atoms with E-state index in [4.69, 9.17) is 4.74 Å². The summed E-state index contributed by atoms with van der Waals surface area (Å²) in [6.45, 7) is 3.12. The lowest BCUT2D eigenvalue weighted by Crippen LogP contribution is -2.37. The molecular weight excluding hydrogens is 174 g/mol. The van der Waals surface area contributed by atoms with Crippen molar-refractivity contribution in [2.45, 2.75) is 51.0 Å². The van der Waals surface area contributed by atoms with Crippen molar-refractivity contribution in [3.05, 3.63) is 0 Å². The molecule has 2 aliphatic rings. The minimum Gasteiger partial charge on any atom is -0.380 e. The first-order chi connectivity index (χ1) is 6.95. The van der Waals surface area contributed by atoms with Crippen LogP contribution in [0.3, 0.4) is 0 Å². The molecular formula is C12H23NO. The van der Waals surface area contributed by atoms with Crippen molar-refractivity contribution in [1.82, 2.24) is 5.32 Å². The van der Waals surface area contributed by atoms with Crippen molar-refractivity contribution >= 4 is 0 Å². The molecule has 1 atom stereocenters. The summed E-state index contributed by atoms with van der Waals surface area (Å²) in [5, 5.41) is 3.62. The molecule has 0 bridgehead atoms. The van der Waals surface area contributed by atoms with E-state index < -0.39 is 0 Å². The van der Waals surface area contributed by atoms with Gasteiger partial charge >= 0.3 is 0 Å². The highest BCUT2D eigenvalue weighted by molar-refractivity contribution is 4.72. The maximum Gasteiger partial charge on any atom is 0.0619 e. The van der Waals surface area contributed by atoms with Gasteiger partial charge in [0, 0.05) is 12.6 Å². The molecule has 0 aromatic rings. The summed E-state index contributed by atoms with van der Waals surface area (Å²) in [5.41, 5.74) is 0. The zero-order valence-electron chi connectivity index (χ0n) is 9.13. The molecule has 1 aliphatic heterocycles. The highest BCUT2D eigenvalue weighted by atomic mass is 16.5. The molecule has 82 valence electrons. The van der Waals surface area contributed by atoms with Crippen molar-refractivity contribution < 1.29 is 4.74 Å². The maximum absolute atomic E-state index is 5.44. The largest absolute Gasteiger partial charge is 0.380 e. The summed E-state index contributed by atoms with van der Waals surface area (Å²) >= 11 is 0. The number of hydrogen-bond donors (Lipinski definition) is 1. The van der Waals surface area contributed by atoms with Crippen LogP contribution in [-0.2, 0) is 4.74 Å². The van der Waals surface area contributed by atoms with E-state index in [2.05, 4.69) is 5.32 Å². The second kappa shape index (κ2) is 5.72. The van der Waals surface area contributed by atoms with Gasteiger partial charge in [-0.3, -0.25) is 0 Å². The first-order valence-electron chi connectivity index (χ1n) is 6.26. The number of nitrogens with one attached hydrogen (secondary N) is 1. The van der Waals surface area contributed by atoms with Gasteiger partial charge in [0.15, 0.2) is 0 Å². The summed E-state index contributed by atoms with van der Waals surface area (Å²) in [6.07, 6.45) is 9.82. The van der Waals surface area contributed by atoms with Gasteiger partial charge in [-0.05, 0) is 31.7 Å². The van der Waals surface area contributed by atoms with Gasteiger partial charge in [0.1, 0.15) is 0 Å². The van der Waals surface area contributed by atoms with E-state index in [9.17, 15) is 0 Å². The number of rotatable bonds is 4. The smallest absolute Gasteiger partial charge is 0.0619 e. The quantitative estimate of drug-likeness (QED) is 0.747. The third kappa shape index (κ3) is 3.25. The zero-order valence-corrected chi connectivity index (χ0v) is 9.13. The molecule has 1 saturated heterocycles. The molecule has 0 spiro atoms. The monoisotopic (exact) mass is 197 g/mol. The van der Waals surface area contributed by atoms with Gasteiger partial charge in [0.25, 0.3) is 0 Å². The molecule has 14 heavy (non-hydrogen) atoms. The molecule has 2 rings (SSSR count). The van der Waals surface area contributed by atoms with Crippen LogP contribution in [0, 0.1) is 5.92 Å². The molecule has 2 nitrogen and oxygen atoms in total. The summed E-state index contributed by atoms with van der Waals surface area (Å²) in [6, 6.07) is 0.644. The van der Waals surface area contributed by atoms with Crippen LogP contribution < -0.4 is 5.32 Å². The number of ether oxygens (including phenoxy) is 1. The minimum atomic E-state index is 0.644. The molecule has 2 fully saturated rings. The standard InChI is InChI=1S/C12H23NO/c1-2-5-11(4-1)7-8-13-12-6-3-9-14-10-12/h11-13H,1-10H2. The van der Waals surface area contributed by atoms with Crippen molar-refractivity contribution in [2.75, 3.05) is 19.8 Å². The fourth-order valence-corrected chi connectivity index (χ4v) is 2.69. The van der Waals surface area contributed by atoms with Crippen LogP contribution in [0.25, 0.3) is 0 Å². The molecule has 0 aromatic carbocycles. The predicted octanol–water partition coefficient (Wildman–Crippen LogP) is 2.34. The average Bonchev–Trinajstić information content (AvgIpc) is 2.72. The van der Waals surface area contributed by atoms with Gasteiger partial charge < -0.3 is 10.1 Å². The summed E-state index contributed by atoms with van der Waals surface area (Å²) in [4.78, 5) is 0.